The van der Waals surface area contributed by atoms with Crippen LogP contribution < -0.4 is 0 Å². The van der Waals surface area contributed by atoms with Gasteiger partial charge in [0.25, 0.3) is 0 Å². The Hall–Kier alpha value is -1.70. The van der Waals surface area contributed by atoms with Crippen molar-refractivity contribution in [2.24, 2.45) is 5.92 Å². The second kappa shape index (κ2) is 12.7. The number of ether oxygens (including phenoxy) is 5. The second-order valence-electron chi connectivity index (χ2n) is 9.69. The first kappa shape index (κ1) is 27.5. The molecule has 188 valence electrons. The van der Waals surface area contributed by atoms with Crippen molar-refractivity contribution in [3.63, 3.8) is 0 Å². The van der Waals surface area contributed by atoms with Crippen molar-refractivity contribution in [2.75, 3.05) is 26.4 Å². The van der Waals surface area contributed by atoms with Gasteiger partial charge in [-0.3, -0.25) is 9.59 Å². The summed E-state index contributed by atoms with van der Waals surface area (Å²) in [6.07, 6.45) is 8.46. The number of rotatable bonds is 10. The van der Waals surface area contributed by atoms with Crippen LogP contribution in [0.2, 0.25) is 0 Å². The maximum atomic E-state index is 11.8. The Kier molecular flexibility index (Phi) is 10.6. The van der Waals surface area contributed by atoms with Crippen molar-refractivity contribution in [1.29, 1.82) is 0 Å². The lowest BCUT2D eigenvalue weighted by molar-refractivity contribution is -0.192. The van der Waals surface area contributed by atoms with E-state index >= 15 is 0 Å². The fourth-order valence-corrected chi connectivity index (χ4v) is 4.50. The number of hydrogen-bond acceptors (Lipinski definition) is 7. The summed E-state index contributed by atoms with van der Waals surface area (Å²) in [4.78, 5) is 22.8. The Morgan fingerprint density at radius 2 is 1.82 bits per heavy atom. The maximum absolute atomic E-state index is 11.8. The van der Waals surface area contributed by atoms with Crippen molar-refractivity contribution in [3.05, 3.63) is 23.3 Å². The van der Waals surface area contributed by atoms with Crippen LogP contribution in [0, 0.1) is 5.92 Å². The highest BCUT2D eigenvalue weighted by Gasteiger charge is 2.43. The summed E-state index contributed by atoms with van der Waals surface area (Å²) >= 11 is 0. The van der Waals surface area contributed by atoms with E-state index in [0.29, 0.717) is 26.2 Å². The number of allylic oxidation sites excluding steroid dienone is 1. The topological polar surface area (TPSA) is 80.3 Å². The summed E-state index contributed by atoms with van der Waals surface area (Å²) in [5, 5.41) is 0. The first-order valence-electron chi connectivity index (χ1n) is 12.1. The minimum atomic E-state index is -0.590. The molecule has 0 aromatic heterocycles. The van der Waals surface area contributed by atoms with Gasteiger partial charge in [0.1, 0.15) is 18.3 Å². The molecule has 33 heavy (non-hydrogen) atoms. The van der Waals surface area contributed by atoms with E-state index in [1.54, 1.807) is 0 Å². The van der Waals surface area contributed by atoms with E-state index < -0.39 is 11.4 Å². The molecular formula is C26H42O7. The van der Waals surface area contributed by atoms with Gasteiger partial charge >= 0.3 is 11.9 Å². The third-order valence-corrected chi connectivity index (χ3v) is 6.59. The van der Waals surface area contributed by atoms with Gasteiger partial charge in [0.15, 0.2) is 5.79 Å². The smallest absolute Gasteiger partial charge is 0.303 e. The molecule has 2 saturated heterocycles. The van der Waals surface area contributed by atoms with Crippen LogP contribution >= 0.6 is 0 Å². The summed E-state index contributed by atoms with van der Waals surface area (Å²) in [6, 6.07) is 0. The third-order valence-electron chi connectivity index (χ3n) is 6.59. The van der Waals surface area contributed by atoms with Crippen molar-refractivity contribution in [1.82, 2.24) is 0 Å². The molecule has 0 aliphatic carbocycles. The fraction of sp³-hybridized carbons (Fsp3) is 0.769. The molecule has 0 saturated carbocycles. The molecule has 0 bridgehead atoms. The molecule has 0 spiro atoms. The van der Waals surface area contributed by atoms with Gasteiger partial charge in [-0.15, -0.1) is 0 Å². The van der Waals surface area contributed by atoms with E-state index in [1.165, 1.54) is 19.4 Å². The Balaban J connectivity index is 2.01. The van der Waals surface area contributed by atoms with Gasteiger partial charge < -0.3 is 23.7 Å². The summed E-state index contributed by atoms with van der Waals surface area (Å²) in [6.45, 7) is 13.1. The third kappa shape index (κ3) is 8.54. The number of hydrogen-bond donors (Lipinski definition) is 0. The van der Waals surface area contributed by atoms with E-state index in [9.17, 15) is 9.59 Å². The van der Waals surface area contributed by atoms with Crippen LogP contribution in [0.1, 0.15) is 80.1 Å². The molecule has 2 rings (SSSR count). The quantitative estimate of drug-likeness (QED) is 0.335. The molecule has 0 aromatic rings. The van der Waals surface area contributed by atoms with Gasteiger partial charge in [-0.05, 0) is 64.5 Å². The van der Waals surface area contributed by atoms with E-state index in [1.807, 2.05) is 13.0 Å². The van der Waals surface area contributed by atoms with Crippen LogP contribution in [0.15, 0.2) is 23.3 Å². The van der Waals surface area contributed by atoms with E-state index in [2.05, 4.69) is 26.8 Å². The average molecular weight is 467 g/mol. The van der Waals surface area contributed by atoms with Crippen LogP contribution in [0.4, 0.5) is 0 Å². The zero-order chi connectivity index (χ0) is 24.5. The van der Waals surface area contributed by atoms with Gasteiger partial charge in [0, 0.05) is 26.2 Å². The maximum Gasteiger partial charge on any atom is 0.303 e. The molecule has 0 radical (unpaired) electrons. The Labute approximate surface area is 198 Å². The monoisotopic (exact) mass is 466 g/mol. The van der Waals surface area contributed by atoms with Crippen molar-refractivity contribution in [2.45, 2.75) is 97.6 Å². The molecule has 7 nitrogen and oxygen atoms in total. The van der Waals surface area contributed by atoms with Crippen molar-refractivity contribution >= 4 is 11.9 Å². The largest absolute Gasteiger partial charge is 0.462 e. The molecule has 0 amide bonds. The second-order valence-corrected chi connectivity index (χ2v) is 9.69. The lowest BCUT2D eigenvalue weighted by Crippen LogP contribution is -2.44. The molecule has 2 aliphatic heterocycles. The van der Waals surface area contributed by atoms with E-state index in [0.717, 1.165) is 37.7 Å². The zero-order valence-corrected chi connectivity index (χ0v) is 21.2. The Bertz CT molecular complexity index is 716. The molecule has 0 aromatic carbocycles. The summed E-state index contributed by atoms with van der Waals surface area (Å²) in [7, 11) is 0. The molecular weight excluding hydrogens is 424 g/mol. The minimum Gasteiger partial charge on any atom is -0.462 e. The van der Waals surface area contributed by atoms with Crippen molar-refractivity contribution < 1.29 is 33.3 Å². The molecule has 2 fully saturated rings. The molecule has 3 atom stereocenters. The predicted octanol–water partition coefficient (Wildman–Crippen LogP) is 4.88. The number of carbonyl (C=O) groups is 2. The first-order chi connectivity index (χ1) is 15.6. The predicted molar refractivity (Wildman–Crippen MR) is 126 cm³/mol. The summed E-state index contributed by atoms with van der Waals surface area (Å²) in [5.41, 5.74) is 1.72. The van der Waals surface area contributed by atoms with Gasteiger partial charge in [0.05, 0.1) is 19.8 Å². The highest BCUT2D eigenvalue weighted by molar-refractivity contribution is 5.66. The SMILES string of the molecule is CC(=O)OCC=C1CC[C@@H](OC(C)=O)[C@](C)(CCCC(C)C2(CC=C(C)C)OCCO2)OC1. The van der Waals surface area contributed by atoms with E-state index in [4.69, 9.17) is 23.7 Å². The molecule has 7 heteroatoms. The van der Waals surface area contributed by atoms with Gasteiger partial charge in [-0.1, -0.05) is 18.6 Å². The van der Waals surface area contributed by atoms with Crippen LogP contribution in [-0.4, -0.2) is 55.9 Å². The first-order valence-corrected chi connectivity index (χ1v) is 12.1. The lowest BCUT2D eigenvalue weighted by atomic mass is 9.85. The average Bonchev–Trinajstić information content (AvgIpc) is 3.17. The number of esters is 2. The van der Waals surface area contributed by atoms with Crippen LogP contribution in [-0.2, 0) is 33.3 Å². The van der Waals surface area contributed by atoms with Gasteiger partial charge in [-0.25, -0.2) is 0 Å². The highest BCUT2D eigenvalue weighted by Crippen LogP contribution is 2.38. The van der Waals surface area contributed by atoms with Crippen LogP contribution in [0.3, 0.4) is 0 Å². The fourth-order valence-electron chi connectivity index (χ4n) is 4.50. The zero-order valence-electron chi connectivity index (χ0n) is 21.2. The highest BCUT2D eigenvalue weighted by atomic mass is 16.7. The van der Waals surface area contributed by atoms with Gasteiger partial charge in [-0.2, -0.15) is 0 Å². The Morgan fingerprint density at radius 3 is 2.42 bits per heavy atom. The standard InChI is InChI=1S/C26H42O7/c1-19(2)11-14-26(30-16-17-31-26)20(3)8-7-13-25(6)24(33-22(5)28)10-9-23(18-32-25)12-15-29-21(4)27/h11-12,20,24H,7-10,13-18H2,1-6H3/t20?,24-,25+/m1/s1. The molecule has 2 aliphatic rings. The summed E-state index contributed by atoms with van der Waals surface area (Å²) < 4.78 is 29.2. The van der Waals surface area contributed by atoms with Crippen molar-refractivity contribution in [3.8, 4) is 0 Å². The molecule has 2 heterocycles. The van der Waals surface area contributed by atoms with Crippen LogP contribution in [0.25, 0.3) is 0 Å². The minimum absolute atomic E-state index is 0.219. The van der Waals surface area contributed by atoms with Gasteiger partial charge in [0.2, 0.25) is 0 Å². The normalized spacial score (nSPS) is 27.0. The summed E-state index contributed by atoms with van der Waals surface area (Å²) in [5.74, 6) is -0.958. The molecule has 0 N–H and O–H groups in total. The van der Waals surface area contributed by atoms with Crippen LogP contribution in [0.5, 0.6) is 0 Å². The Morgan fingerprint density at radius 1 is 1.12 bits per heavy atom. The lowest BCUT2D eigenvalue weighted by Gasteiger charge is -2.37. The number of carbonyl (C=O) groups excluding carboxylic acids is 2. The van der Waals surface area contributed by atoms with E-state index in [-0.39, 0.29) is 30.6 Å². The molecule has 1 unspecified atom stereocenters.